The van der Waals surface area contributed by atoms with E-state index in [4.69, 9.17) is 25.8 Å². The first-order chi connectivity index (χ1) is 12.1. The molecule has 0 saturated heterocycles. The quantitative estimate of drug-likeness (QED) is 0.597. The first-order valence-electron chi connectivity index (χ1n) is 7.70. The topological polar surface area (TPSA) is 57.1 Å². The van der Waals surface area contributed by atoms with Crippen molar-refractivity contribution in [2.45, 2.75) is 6.92 Å². The summed E-state index contributed by atoms with van der Waals surface area (Å²) < 4.78 is 16.0. The van der Waals surface area contributed by atoms with Crippen LogP contribution in [0.2, 0.25) is 5.02 Å². The number of rotatable bonds is 5. The Kier molecular flexibility index (Phi) is 5.05. The number of methoxy groups -OCH3 is 1. The van der Waals surface area contributed by atoms with Crippen molar-refractivity contribution in [2.24, 2.45) is 4.99 Å². The predicted octanol–water partition coefficient (Wildman–Crippen LogP) is 4.09. The van der Waals surface area contributed by atoms with E-state index < -0.39 is 5.97 Å². The highest BCUT2D eigenvalue weighted by Gasteiger charge is 2.24. The minimum Gasteiger partial charge on any atom is -0.493 e. The van der Waals surface area contributed by atoms with Gasteiger partial charge in [0.2, 0.25) is 5.90 Å². The first-order valence-corrected chi connectivity index (χ1v) is 8.08. The zero-order chi connectivity index (χ0) is 17.8. The van der Waals surface area contributed by atoms with Crippen LogP contribution >= 0.6 is 11.6 Å². The molecule has 1 aliphatic rings. The van der Waals surface area contributed by atoms with Crippen LogP contribution in [0.3, 0.4) is 0 Å². The highest BCUT2D eigenvalue weighted by molar-refractivity contribution is 6.32. The van der Waals surface area contributed by atoms with Gasteiger partial charge in [0.1, 0.15) is 0 Å². The Labute approximate surface area is 150 Å². The molecule has 0 spiro atoms. The van der Waals surface area contributed by atoms with E-state index in [0.717, 1.165) is 5.56 Å². The van der Waals surface area contributed by atoms with Gasteiger partial charge in [0.15, 0.2) is 17.2 Å². The molecule has 0 radical (unpaired) electrons. The highest BCUT2D eigenvalue weighted by Crippen LogP contribution is 2.37. The predicted molar refractivity (Wildman–Crippen MR) is 96.2 cm³/mol. The largest absolute Gasteiger partial charge is 0.493 e. The summed E-state index contributed by atoms with van der Waals surface area (Å²) in [6.45, 7) is 2.33. The molecule has 0 aromatic heterocycles. The molecule has 25 heavy (non-hydrogen) atoms. The van der Waals surface area contributed by atoms with Gasteiger partial charge in [-0.25, -0.2) is 9.79 Å². The summed E-state index contributed by atoms with van der Waals surface area (Å²) in [6, 6.07) is 12.6. The van der Waals surface area contributed by atoms with E-state index in [9.17, 15) is 4.79 Å². The zero-order valence-electron chi connectivity index (χ0n) is 13.8. The van der Waals surface area contributed by atoms with Crippen molar-refractivity contribution >= 4 is 29.5 Å². The number of ether oxygens (including phenoxy) is 3. The van der Waals surface area contributed by atoms with Gasteiger partial charge in [0.25, 0.3) is 0 Å². The summed E-state index contributed by atoms with van der Waals surface area (Å²) in [4.78, 5) is 16.3. The fraction of sp³-hybridized carbons (Fsp3) is 0.158. The van der Waals surface area contributed by atoms with Gasteiger partial charge in [0, 0.05) is 5.56 Å². The van der Waals surface area contributed by atoms with Crippen LogP contribution < -0.4 is 9.47 Å². The minimum atomic E-state index is -0.511. The molecule has 0 amide bonds. The highest BCUT2D eigenvalue weighted by atomic mass is 35.5. The number of hydrogen-bond acceptors (Lipinski definition) is 5. The van der Waals surface area contributed by atoms with E-state index in [1.54, 1.807) is 18.2 Å². The maximum absolute atomic E-state index is 12.1. The maximum Gasteiger partial charge on any atom is 0.363 e. The molecule has 2 aromatic carbocycles. The number of benzene rings is 2. The fourth-order valence-corrected chi connectivity index (χ4v) is 2.65. The minimum absolute atomic E-state index is 0.195. The van der Waals surface area contributed by atoms with Crippen LogP contribution in [0.15, 0.2) is 53.2 Å². The van der Waals surface area contributed by atoms with Gasteiger partial charge >= 0.3 is 5.97 Å². The standard InChI is InChI=1S/C19H16ClNO4/c1-3-24-17-14(20)9-12(11-16(17)23-2)10-15-19(22)25-18(21-15)13-7-5-4-6-8-13/h4-11H,3H2,1-2H3/b15-10-. The van der Waals surface area contributed by atoms with E-state index >= 15 is 0 Å². The number of esters is 1. The fourth-order valence-electron chi connectivity index (χ4n) is 2.38. The summed E-state index contributed by atoms with van der Waals surface area (Å²) in [6.07, 6.45) is 1.60. The number of carbonyl (C=O) groups is 1. The SMILES string of the molecule is CCOc1c(Cl)cc(/C=C2\N=C(c3ccccc3)OC2=O)cc1OC. The molecular formula is C19H16ClNO4. The Morgan fingerprint density at radius 1 is 1.24 bits per heavy atom. The lowest BCUT2D eigenvalue weighted by molar-refractivity contribution is -0.129. The number of cyclic esters (lactones) is 1. The molecule has 0 saturated carbocycles. The molecule has 0 fully saturated rings. The molecule has 1 aliphatic heterocycles. The van der Waals surface area contributed by atoms with Gasteiger partial charge in [-0.3, -0.25) is 0 Å². The summed E-state index contributed by atoms with van der Waals surface area (Å²) in [7, 11) is 1.53. The Morgan fingerprint density at radius 2 is 2.00 bits per heavy atom. The number of aliphatic imine (C=N–C) groups is 1. The Bertz CT molecular complexity index is 859. The number of hydrogen-bond donors (Lipinski definition) is 0. The molecule has 2 aromatic rings. The number of nitrogens with zero attached hydrogens (tertiary/aromatic N) is 1. The second-order valence-corrected chi connectivity index (χ2v) is 5.58. The molecule has 0 bridgehead atoms. The molecule has 0 aliphatic carbocycles. The van der Waals surface area contributed by atoms with E-state index in [1.807, 2.05) is 37.3 Å². The Balaban J connectivity index is 1.96. The molecule has 1 heterocycles. The number of halogens is 1. The van der Waals surface area contributed by atoms with Crippen molar-refractivity contribution in [1.29, 1.82) is 0 Å². The summed E-state index contributed by atoms with van der Waals surface area (Å²) in [5.74, 6) is 0.722. The van der Waals surface area contributed by atoms with Crippen LogP contribution in [-0.4, -0.2) is 25.6 Å². The van der Waals surface area contributed by atoms with E-state index in [0.29, 0.717) is 28.7 Å². The van der Waals surface area contributed by atoms with Gasteiger partial charge in [0.05, 0.1) is 18.7 Å². The second-order valence-electron chi connectivity index (χ2n) is 5.17. The molecule has 6 heteroatoms. The van der Waals surface area contributed by atoms with Crippen molar-refractivity contribution < 1.29 is 19.0 Å². The van der Waals surface area contributed by atoms with Gasteiger partial charge in [-0.1, -0.05) is 29.8 Å². The molecular weight excluding hydrogens is 342 g/mol. The third kappa shape index (κ3) is 3.67. The summed E-state index contributed by atoms with van der Waals surface area (Å²) in [5.41, 5.74) is 1.60. The van der Waals surface area contributed by atoms with Crippen molar-refractivity contribution in [3.8, 4) is 11.5 Å². The van der Waals surface area contributed by atoms with Crippen LogP contribution in [0.1, 0.15) is 18.1 Å². The van der Waals surface area contributed by atoms with Gasteiger partial charge in [-0.05, 0) is 42.8 Å². The second kappa shape index (κ2) is 7.40. The van der Waals surface area contributed by atoms with Crippen molar-refractivity contribution in [3.05, 3.63) is 64.3 Å². The van der Waals surface area contributed by atoms with Crippen molar-refractivity contribution in [3.63, 3.8) is 0 Å². The van der Waals surface area contributed by atoms with E-state index in [2.05, 4.69) is 4.99 Å². The average Bonchev–Trinajstić information content (AvgIpc) is 2.98. The van der Waals surface area contributed by atoms with Gasteiger partial charge in [-0.15, -0.1) is 0 Å². The van der Waals surface area contributed by atoms with Crippen LogP contribution in [0.4, 0.5) is 0 Å². The first kappa shape index (κ1) is 17.0. The lowest BCUT2D eigenvalue weighted by Gasteiger charge is -2.11. The lowest BCUT2D eigenvalue weighted by Crippen LogP contribution is -2.04. The van der Waals surface area contributed by atoms with Crippen LogP contribution in [0.25, 0.3) is 6.08 Å². The monoisotopic (exact) mass is 357 g/mol. The summed E-state index contributed by atoms with van der Waals surface area (Å²) >= 11 is 6.25. The van der Waals surface area contributed by atoms with Crippen LogP contribution in [0, 0.1) is 0 Å². The molecule has 128 valence electrons. The van der Waals surface area contributed by atoms with Crippen molar-refractivity contribution in [2.75, 3.05) is 13.7 Å². The molecule has 5 nitrogen and oxygen atoms in total. The van der Waals surface area contributed by atoms with Gasteiger partial charge in [-0.2, -0.15) is 0 Å². The van der Waals surface area contributed by atoms with Crippen LogP contribution in [0.5, 0.6) is 11.5 Å². The van der Waals surface area contributed by atoms with Gasteiger partial charge < -0.3 is 14.2 Å². The zero-order valence-corrected chi connectivity index (χ0v) is 14.5. The van der Waals surface area contributed by atoms with E-state index in [-0.39, 0.29) is 11.6 Å². The third-order valence-corrected chi connectivity index (χ3v) is 3.77. The van der Waals surface area contributed by atoms with E-state index in [1.165, 1.54) is 7.11 Å². The average molecular weight is 358 g/mol. The molecule has 3 rings (SSSR count). The Hall–Kier alpha value is -2.79. The third-order valence-electron chi connectivity index (χ3n) is 3.49. The summed E-state index contributed by atoms with van der Waals surface area (Å²) in [5, 5.41) is 0.395. The normalized spacial score (nSPS) is 15.1. The molecule has 0 atom stereocenters. The maximum atomic E-state index is 12.1. The number of carbonyl (C=O) groups excluding carboxylic acids is 1. The Morgan fingerprint density at radius 3 is 2.68 bits per heavy atom. The van der Waals surface area contributed by atoms with Crippen molar-refractivity contribution in [1.82, 2.24) is 0 Å². The molecule has 0 unspecified atom stereocenters. The lowest BCUT2D eigenvalue weighted by atomic mass is 10.1. The molecule has 0 N–H and O–H groups in total. The smallest absolute Gasteiger partial charge is 0.363 e. The van der Waals surface area contributed by atoms with Crippen LogP contribution in [-0.2, 0) is 9.53 Å².